The SMILES string of the molecule is CN[C@@H](C)Cc1c(F)cc2ccoc2c1F. The summed E-state index contributed by atoms with van der Waals surface area (Å²) < 4.78 is 32.5. The summed E-state index contributed by atoms with van der Waals surface area (Å²) in [4.78, 5) is 0. The Labute approximate surface area is 92.2 Å². The van der Waals surface area contributed by atoms with Gasteiger partial charge in [-0.2, -0.15) is 0 Å². The van der Waals surface area contributed by atoms with Crippen LogP contribution >= 0.6 is 0 Å². The third kappa shape index (κ3) is 1.80. The molecular formula is C12H13F2NO. The second-order valence-corrected chi connectivity index (χ2v) is 3.88. The molecule has 1 N–H and O–H groups in total. The predicted molar refractivity (Wildman–Crippen MR) is 58.4 cm³/mol. The topological polar surface area (TPSA) is 25.2 Å². The summed E-state index contributed by atoms with van der Waals surface area (Å²) in [7, 11) is 1.76. The van der Waals surface area contributed by atoms with Gasteiger partial charge in [-0.3, -0.25) is 0 Å². The van der Waals surface area contributed by atoms with E-state index in [1.54, 1.807) is 13.1 Å². The van der Waals surface area contributed by atoms with E-state index in [0.717, 1.165) is 0 Å². The first kappa shape index (κ1) is 11.1. The highest BCUT2D eigenvalue weighted by Crippen LogP contribution is 2.25. The van der Waals surface area contributed by atoms with Crippen LogP contribution in [0.1, 0.15) is 12.5 Å². The molecule has 0 radical (unpaired) electrons. The molecule has 2 nitrogen and oxygen atoms in total. The van der Waals surface area contributed by atoms with Crippen molar-refractivity contribution < 1.29 is 13.2 Å². The van der Waals surface area contributed by atoms with Gasteiger partial charge in [0.05, 0.1) is 6.26 Å². The Morgan fingerprint density at radius 1 is 1.44 bits per heavy atom. The fourth-order valence-corrected chi connectivity index (χ4v) is 1.67. The van der Waals surface area contributed by atoms with Gasteiger partial charge in [0, 0.05) is 17.0 Å². The third-order valence-electron chi connectivity index (χ3n) is 2.73. The van der Waals surface area contributed by atoms with Gasteiger partial charge in [0.15, 0.2) is 11.4 Å². The molecule has 0 saturated carbocycles. The maximum absolute atomic E-state index is 13.9. The predicted octanol–water partition coefficient (Wildman–Crippen LogP) is 2.86. The number of likely N-dealkylation sites (N-methyl/N-ethyl adjacent to an activating group) is 1. The molecule has 0 unspecified atom stereocenters. The molecule has 86 valence electrons. The van der Waals surface area contributed by atoms with Crippen molar-refractivity contribution in [3.8, 4) is 0 Å². The standard InChI is InChI=1S/C12H13F2NO/c1-7(15-2)5-9-10(13)6-8-3-4-16-12(8)11(9)14/h3-4,6-7,15H,5H2,1-2H3/t7-/m0/s1. The van der Waals surface area contributed by atoms with Crippen molar-refractivity contribution in [2.75, 3.05) is 7.05 Å². The monoisotopic (exact) mass is 225 g/mol. The lowest BCUT2D eigenvalue weighted by Gasteiger charge is -2.11. The van der Waals surface area contributed by atoms with E-state index in [1.165, 1.54) is 12.3 Å². The molecule has 1 atom stereocenters. The van der Waals surface area contributed by atoms with Crippen molar-refractivity contribution in [3.63, 3.8) is 0 Å². The number of fused-ring (bicyclic) bond motifs is 1. The van der Waals surface area contributed by atoms with Crippen molar-refractivity contribution in [1.82, 2.24) is 5.32 Å². The lowest BCUT2D eigenvalue weighted by atomic mass is 10.0. The average Bonchev–Trinajstić information content (AvgIpc) is 2.71. The molecule has 0 bridgehead atoms. The van der Waals surface area contributed by atoms with Gasteiger partial charge in [-0.25, -0.2) is 8.78 Å². The maximum Gasteiger partial charge on any atom is 0.172 e. The van der Waals surface area contributed by atoms with E-state index >= 15 is 0 Å². The minimum absolute atomic E-state index is 0.0106. The molecule has 0 spiro atoms. The van der Waals surface area contributed by atoms with Crippen LogP contribution in [0.2, 0.25) is 0 Å². The van der Waals surface area contributed by atoms with Gasteiger partial charge in [-0.05, 0) is 32.5 Å². The van der Waals surface area contributed by atoms with E-state index in [-0.39, 0.29) is 17.2 Å². The highest BCUT2D eigenvalue weighted by atomic mass is 19.1. The molecule has 0 saturated heterocycles. The van der Waals surface area contributed by atoms with Gasteiger partial charge in [0.25, 0.3) is 0 Å². The zero-order valence-electron chi connectivity index (χ0n) is 9.18. The van der Waals surface area contributed by atoms with E-state index in [0.29, 0.717) is 11.8 Å². The first-order chi connectivity index (χ1) is 7.63. The number of nitrogens with one attached hydrogen (secondary N) is 1. The van der Waals surface area contributed by atoms with E-state index in [1.807, 2.05) is 6.92 Å². The molecule has 1 heterocycles. The maximum atomic E-state index is 13.9. The molecule has 1 aromatic heterocycles. The van der Waals surface area contributed by atoms with Crippen molar-refractivity contribution >= 4 is 11.0 Å². The third-order valence-corrected chi connectivity index (χ3v) is 2.73. The molecule has 2 aromatic rings. The van der Waals surface area contributed by atoms with Crippen LogP contribution in [0.15, 0.2) is 22.8 Å². The van der Waals surface area contributed by atoms with E-state index in [4.69, 9.17) is 4.42 Å². The van der Waals surface area contributed by atoms with Gasteiger partial charge >= 0.3 is 0 Å². The van der Waals surface area contributed by atoms with Crippen molar-refractivity contribution in [1.29, 1.82) is 0 Å². The van der Waals surface area contributed by atoms with E-state index < -0.39 is 11.6 Å². The number of hydrogen-bond acceptors (Lipinski definition) is 2. The number of benzene rings is 1. The van der Waals surface area contributed by atoms with Gasteiger partial charge in [0.1, 0.15) is 5.82 Å². The average molecular weight is 225 g/mol. The smallest absolute Gasteiger partial charge is 0.172 e. The van der Waals surface area contributed by atoms with E-state index in [2.05, 4.69) is 5.32 Å². The second-order valence-electron chi connectivity index (χ2n) is 3.88. The highest BCUT2D eigenvalue weighted by Gasteiger charge is 2.17. The number of rotatable bonds is 3. The molecule has 0 fully saturated rings. The molecular weight excluding hydrogens is 212 g/mol. The van der Waals surface area contributed by atoms with Crippen LogP contribution < -0.4 is 5.32 Å². The first-order valence-corrected chi connectivity index (χ1v) is 5.14. The van der Waals surface area contributed by atoms with Gasteiger partial charge < -0.3 is 9.73 Å². The zero-order chi connectivity index (χ0) is 11.7. The minimum Gasteiger partial charge on any atom is -0.461 e. The Morgan fingerprint density at radius 3 is 2.88 bits per heavy atom. The summed E-state index contributed by atoms with van der Waals surface area (Å²) in [5.41, 5.74) is 0.198. The molecule has 2 rings (SSSR count). The van der Waals surface area contributed by atoms with Crippen LogP contribution in [-0.2, 0) is 6.42 Å². The Morgan fingerprint density at radius 2 is 2.19 bits per heavy atom. The Balaban J connectivity index is 2.50. The molecule has 16 heavy (non-hydrogen) atoms. The van der Waals surface area contributed by atoms with Crippen LogP contribution in [0.25, 0.3) is 11.0 Å². The number of furan rings is 1. The molecule has 0 amide bonds. The van der Waals surface area contributed by atoms with Crippen LogP contribution in [0, 0.1) is 11.6 Å². The van der Waals surface area contributed by atoms with Gasteiger partial charge in [0.2, 0.25) is 0 Å². The summed E-state index contributed by atoms with van der Waals surface area (Å²) in [5, 5.41) is 3.40. The lowest BCUT2D eigenvalue weighted by Crippen LogP contribution is -2.24. The number of hydrogen-bond donors (Lipinski definition) is 1. The van der Waals surface area contributed by atoms with Crippen LogP contribution in [0.4, 0.5) is 8.78 Å². The molecule has 0 aliphatic carbocycles. The normalized spacial score (nSPS) is 13.2. The highest BCUT2D eigenvalue weighted by molar-refractivity contribution is 5.78. The number of halogens is 2. The van der Waals surface area contributed by atoms with Crippen molar-refractivity contribution in [2.24, 2.45) is 0 Å². The Hall–Kier alpha value is -1.42. The summed E-state index contributed by atoms with van der Waals surface area (Å²) in [6.07, 6.45) is 1.66. The molecule has 0 aliphatic rings. The molecule has 1 aromatic carbocycles. The fourth-order valence-electron chi connectivity index (χ4n) is 1.67. The van der Waals surface area contributed by atoms with Crippen LogP contribution in [0.5, 0.6) is 0 Å². The molecule has 4 heteroatoms. The van der Waals surface area contributed by atoms with Gasteiger partial charge in [-0.1, -0.05) is 0 Å². The second kappa shape index (κ2) is 4.22. The first-order valence-electron chi connectivity index (χ1n) is 5.14. The van der Waals surface area contributed by atoms with E-state index in [9.17, 15) is 8.78 Å². The summed E-state index contributed by atoms with van der Waals surface area (Å²) in [5.74, 6) is -1.12. The summed E-state index contributed by atoms with van der Waals surface area (Å²) >= 11 is 0. The quantitative estimate of drug-likeness (QED) is 0.868. The Kier molecular flexibility index (Phi) is 2.92. The minimum atomic E-state index is -0.595. The summed E-state index contributed by atoms with van der Waals surface area (Å²) in [6.45, 7) is 1.87. The lowest BCUT2D eigenvalue weighted by molar-refractivity contribution is 0.509. The van der Waals surface area contributed by atoms with Crippen molar-refractivity contribution in [2.45, 2.75) is 19.4 Å². The summed E-state index contributed by atoms with van der Waals surface area (Å²) in [6, 6.07) is 2.86. The van der Waals surface area contributed by atoms with Crippen molar-refractivity contribution in [3.05, 3.63) is 35.6 Å². The van der Waals surface area contributed by atoms with Crippen LogP contribution in [-0.4, -0.2) is 13.1 Å². The van der Waals surface area contributed by atoms with Gasteiger partial charge in [-0.15, -0.1) is 0 Å². The van der Waals surface area contributed by atoms with Crippen LogP contribution in [0.3, 0.4) is 0 Å². The largest absolute Gasteiger partial charge is 0.461 e. The molecule has 0 aliphatic heterocycles. The zero-order valence-corrected chi connectivity index (χ0v) is 9.18. The Bertz CT molecular complexity index is 507. The fraction of sp³-hybridized carbons (Fsp3) is 0.333.